The van der Waals surface area contributed by atoms with Gasteiger partial charge in [0.05, 0.1) is 33.1 Å². The fourth-order valence-corrected chi connectivity index (χ4v) is 10.7. The molecule has 0 N–H and O–H groups in total. The van der Waals surface area contributed by atoms with Crippen molar-refractivity contribution in [3.63, 3.8) is 0 Å². The molecule has 0 amide bonds. The van der Waals surface area contributed by atoms with Crippen LogP contribution in [0.15, 0.2) is 224 Å². The summed E-state index contributed by atoms with van der Waals surface area (Å²) in [5, 5.41) is 7.61. The second-order valence-electron chi connectivity index (χ2n) is 17.5. The summed E-state index contributed by atoms with van der Waals surface area (Å²) in [6.45, 7) is 4.51. The highest BCUT2D eigenvalue weighted by atomic mass is 15.0. The zero-order chi connectivity index (χ0) is 43.2. The van der Waals surface area contributed by atoms with Gasteiger partial charge in [-0.2, -0.15) is 0 Å². The van der Waals surface area contributed by atoms with E-state index in [0.29, 0.717) is 0 Å². The standard InChI is InChI=1S/C62H43N3/c1-40-35-47(64-59-23-11-5-17-53(59)54-18-6-12-24-60(54)64)31-33-49(40)44-37-43(42-27-29-46(30-28-42)63-57-21-9-3-15-51(57)52-16-4-10-22-58(52)63)38-45(39-44)50-34-32-48(36-41(50)2)65-61-25-13-7-19-55(61)56-20-8-14-26-62(56)65/h3-39H,1-2H3. The first-order valence-corrected chi connectivity index (χ1v) is 22.5. The van der Waals surface area contributed by atoms with Gasteiger partial charge in [0, 0.05) is 49.4 Å². The zero-order valence-electron chi connectivity index (χ0n) is 36.2. The van der Waals surface area contributed by atoms with Crippen LogP contribution in [-0.4, -0.2) is 13.7 Å². The van der Waals surface area contributed by atoms with Gasteiger partial charge in [-0.25, -0.2) is 0 Å². The Morgan fingerprint density at radius 2 is 0.508 bits per heavy atom. The lowest BCUT2D eigenvalue weighted by Gasteiger charge is -2.17. The number of para-hydroxylation sites is 6. The summed E-state index contributed by atoms with van der Waals surface area (Å²) in [5.41, 5.74) is 20.4. The zero-order valence-corrected chi connectivity index (χ0v) is 36.2. The highest BCUT2D eigenvalue weighted by Gasteiger charge is 2.18. The molecule has 0 spiro atoms. The van der Waals surface area contributed by atoms with Gasteiger partial charge >= 0.3 is 0 Å². The first-order chi connectivity index (χ1) is 32.1. The van der Waals surface area contributed by atoms with Gasteiger partial charge in [-0.05, 0) is 149 Å². The number of nitrogens with zero attached hydrogens (tertiary/aromatic N) is 3. The highest BCUT2D eigenvalue weighted by molar-refractivity contribution is 6.11. The molecule has 0 unspecified atom stereocenters. The van der Waals surface area contributed by atoms with Crippen LogP contribution >= 0.6 is 0 Å². The molecule has 13 rings (SSSR count). The SMILES string of the molecule is Cc1cc(-n2c3ccccc3c3ccccc32)ccc1-c1cc(-c2ccc(-n3c4ccccc4c4ccccc43)cc2)cc(-c2ccc(-n3c4ccccc4c4ccccc43)cc2C)c1. The minimum absolute atomic E-state index is 1.15. The fraction of sp³-hybridized carbons (Fsp3) is 0.0323. The molecule has 3 heterocycles. The van der Waals surface area contributed by atoms with Crippen LogP contribution < -0.4 is 0 Å². The monoisotopic (exact) mass is 829 g/mol. The molecule has 3 nitrogen and oxygen atoms in total. The maximum absolute atomic E-state index is 2.41. The minimum atomic E-state index is 1.15. The molecule has 0 aliphatic carbocycles. The van der Waals surface area contributed by atoms with E-state index in [0.717, 1.165) is 17.1 Å². The lowest BCUT2D eigenvalue weighted by Crippen LogP contribution is -1.97. The van der Waals surface area contributed by atoms with Crippen LogP contribution in [0.2, 0.25) is 0 Å². The van der Waals surface area contributed by atoms with Gasteiger partial charge in [-0.3, -0.25) is 0 Å². The van der Waals surface area contributed by atoms with Crippen LogP contribution in [0, 0.1) is 13.8 Å². The maximum Gasteiger partial charge on any atom is 0.0541 e. The Morgan fingerprint density at radius 1 is 0.231 bits per heavy atom. The summed E-state index contributed by atoms with van der Waals surface area (Å²) in [6.07, 6.45) is 0. The van der Waals surface area contributed by atoms with Crippen molar-refractivity contribution >= 4 is 65.4 Å². The third-order valence-electron chi connectivity index (χ3n) is 13.7. The molecule has 0 bridgehead atoms. The molecular weight excluding hydrogens is 787 g/mol. The van der Waals surface area contributed by atoms with E-state index in [1.807, 2.05) is 0 Å². The highest BCUT2D eigenvalue weighted by Crippen LogP contribution is 2.40. The normalized spacial score (nSPS) is 11.8. The third-order valence-corrected chi connectivity index (χ3v) is 13.7. The van der Waals surface area contributed by atoms with Gasteiger partial charge in [0.25, 0.3) is 0 Å². The van der Waals surface area contributed by atoms with Crippen LogP contribution in [0.5, 0.6) is 0 Å². The Kier molecular flexibility index (Phi) is 8.34. The van der Waals surface area contributed by atoms with E-state index < -0.39 is 0 Å². The van der Waals surface area contributed by atoms with Gasteiger partial charge < -0.3 is 13.7 Å². The molecule has 13 aromatic rings. The third kappa shape index (κ3) is 5.82. The predicted molar refractivity (Wildman–Crippen MR) is 275 cm³/mol. The molecule has 10 aromatic carbocycles. The van der Waals surface area contributed by atoms with Crippen molar-refractivity contribution in [3.8, 4) is 50.4 Å². The van der Waals surface area contributed by atoms with Crippen LogP contribution in [0.1, 0.15) is 11.1 Å². The van der Waals surface area contributed by atoms with Crippen LogP contribution in [0.25, 0.3) is 116 Å². The number of fused-ring (bicyclic) bond motifs is 9. The van der Waals surface area contributed by atoms with E-state index in [-0.39, 0.29) is 0 Å². The van der Waals surface area contributed by atoms with E-state index in [1.54, 1.807) is 0 Å². The van der Waals surface area contributed by atoms with Crippen LogP contribution in [0.4, 0.5) is 0 Å². The van der Waals surface area contributed by atoms with Crippen molar-refractivity contribution in [3.05, 3.63) is 236 Å². The average Bonchev–Trinajstić information content (AvgIpc) is 4.00. The molecule has 306 valence electrons. The summed E-state index contributed by atoms with van der Waals surface area (Å²) >= 11 is 0. The molecule has 3 aromatic heterocycles. The quantitative estimate of drug-likeness (QED) is 0.159. The summed E-state index contributed by atoms with van der Waals surface area (Å²) in [6, 6.07) is 82.6. The molecule has 0 radical (unpaired) electrons. The van der Waals surface area contributed by atoms with Crippen molar-refractivity contribution in [1.29, 1.82) is 0 Å². The van der Waals surface area contributed by atoms with E-state index in [1.165, 1.54) is 110 Å². The van der Waals surface area contributed by atoms with E-state index in [9.17, 15) is 0 Å². The number of hydrogen-bond acceptors (Lipinski definition) is 0. The summed E-state index contributed by atoms with van der Waals surface area (Å²) in [4.78, 5) is 0. The molecule has 0 aliphatic heterocycles. The molecule has 0 saturated heterocycles. The summed E-state index contributed by atoms with van der Waals surface area (Å²) in [5.74, 6) is 0. The van der Waals surface area contributed by atoms with E-state index in [2.05, 4.69) is 252 Å². The van der Waals surface area contributed by atoms with E-state index >= 15 is 0 Å². The van der Waals surface area contributed by atoms with E-state index in [4.69, 9.17) is 0 Å². The summed E-state index contributed by atoms with van der Waals surface area (Å²) < 4.78 is 7.20. The van der Waals surface area contributed by atoms with Crippen molar-refractivity contribution in [2.45, 2.75) is 13.8 Å². The molecule has 0 atom stereocenters. The Morgan fingerprint density at radius 3 is 0.831 bits per heavy atom. The van der Waals surface area contributed by atoms with Crippen molar-refractivity contribution in [1.82, 2.24) is 13.7 Å². The second kappa shape index (κ2) is 14.6. The van der Waals surface area contributed by atoms with Gasteiger partial charge in [-0.1, -0.05) is 133 Å². The fourth-order valence-electron chi connectivity index (χ4n) is 10.7. The number of rotatable bonds is 6. The number of aromatic nitrogens is 3. The maximum atomic E-state index is 2.41. The average molecular weight is 830 g/mol. The summed E-state index contributed by atoms with van der Waals surface area (Å²) in [7, 11) is 0. The van der Waals surface area contributed by atoms with Gasteiger partial charge in [-0.15, -0.1) is 0 Å². The predicted octanol–water partition coefficient (Wildman–Crippen LogP) is 16.6. The van der Waals surface area contributed by atoms with Gasteiger partial charge in [0.1, 0.15) is 0 Å². The Hall–Kier alpha value is -8.40. The van der Waals surface area contributed by atoms with Crippen LogP contribution in [0.3, 0.4) is 0 Å². The molecule has 65 heavy (non-hydrogen) atoms. The largest absolute Gasteiger partial charge is 0.309 e. The Balaban J connectivity index is 0.960. The molecule has 3 heteroatoms. The van der Waals surface area contributed by atoms with Gasteiger partial charge in [0.15, 0.2) is 0 Å². The lowest BCUT2D eigenvalue weighted by atomic mass is 9.90. The van der Waals surface area contributed by atoms with Gasteiger partial charge in [0.2, 0.25) is 0 Å². The number of aryl methyl sites for hydroxylation is 2. The van der Waals surface area contributed by atoms with Crippen LogP contribution in [-0.2, 0) is 0 Å². The lowest BCUT2D eigenvalue weighted by molar-refractivity contribution is 1.17. The first kappa shape index (κ1) is 37.2. The molecule has 0 aliphatic rings. The second-order valence-corrected chi connectivity index (χ2v) is 17.5. The van der Waals surface area contributed by atoms with Crippen molar-refractivity contribution in [2.75, 3.05) is 0 Å². The first-order valence-electron chi connectivity index (χ1n) is 22.5. The Bertz CT molecular complexity index is 3680. The smallest absolute Gasteiger partial charge is 0.0541 e. The van der Waals surface area contributed by atoms with Crippen molar-refractivity contribution < 1.29 is 0 Å². The molecule has 0 saturated carbocycles. The number of benzene rings is 10. The number of hydrogen-bond donors (Lipinski definition) is 0. The topological polar surface area (TPSA) is 14.8 Å². The molecular formula is C62H43N3. The van der Waals surface area contributed by atoms with Crippen molar-refractivity contribution in [2.24, 2.45) is 0 Å². The Labute approximate surface area is 377 Å². The molecule has 0 fully saturated rings. The minimum Gasteiger partial charge on any atom is -0.309 e.